The molecule has 1 saturated heterocycles. The van der Waals surface area contributed by atoms with Crippen LogP contribution < -0.4 is 16.0 Å². The Balaban J connectivity index is 1.75. The van der Waals surface area contributed by atoms with Gasteiger partial charge in [-0.25, -0.2) is 4.99 Å². The Kier molecular flexibility index (Phi) is 9.85. The van der Waals surface area contributed by atoms with Crippen molar-refractivity contribution in [2.75, 3.05) is 24.7 Å². The Hall–Kier alpha value is -2.76. The van der Waals surface area contributed by atoms with Gasteiger partial charge in [-0.1, -0.05) is 43.5 Å². The van der Waals surface area contributed by atoms with E-state index in [1.54, 1.807) is 12.3 Å². The van der Waals surface area contributed by atoms with Crippen LogP contribution in [0.1, 0.15) is 36.5 Å². The molecule has 174 valence electrons. The monoisotopic (exact) mass is 460 g/mol. The number of rotatable bonds is 11. The molecule has 0 spiro atoms. The lowest BCUT2D eigenvalue weighted by Crippen LogP contribution is -2.28. The van der Waals surface area contributed by atoms with Crippen molar-refractivity contribution < 1.29 is 0 Å². The largest absolute Gasteiger partial charge is 0.380 e. The van der Waals surface area contributed by atoms with Gasteiger partial charge in [0.25, 0.3) is 0 Å². The third-order valence-electron chi connectivity index (χ3n) is 5.97. The number of allylic oxidation sites excluding steroid dienone is 2. The topological polar surface area (TPSA) is 48.5 Å². The summed E-state index contributed by atoms with van der Waals surface area (Å²) in [5, 5.41) is 10.5. The molecule has 1 heterocycles. The average molecular weight is 461 g/mol. The molecule has 0 amide bonds. The lowest BCUT2D eigenvalue weighted by atomic mass is 9.89. The van der Waals surface area contributed by atoms with E-state index in [1.165, 1.54) is 28.9 Å². The normalized spacial score (nSPS) is 14.9. The van der Waals surface area contributed by atoms with Crippen LogP contribution in [-0.4, -0.2) is 25.6 Å². The molecule has 33 heavy (non-hydrogen) atoms. The van der Waals surface area contributed by atoms with Crippen molar-refractivity contribution in [3.05, 3.63) is 90.3 Å². The van der Waals surface area contributed by atoms with E-state index in [-0.39, 0.29) is 0 Å². The first kappa shape index (κ1) is 24.9. The molecule has 4 nitrogen and oxygen atoms in total. The summed E-state index contributed by atoms with van der Waals surface area (Å²) in [5.74, 6) is 1.50. The fourth-order valence-electron chi connectivity index (χ4n) is 4.11. The van der Waals surface area contributed by atoms with Gasteiger partial charge in [-0.15, -0.1) is 11.8 Å². The second kappa shape index (κ2) is 13.1. The number of aliphatic imine (C=N–C) groups is 1. The van der Waals surface area contributed by atoms with E-state index in [0.717, 1.165) is 54.7 Å². The van der Waals surface area contributed by atoms with Crippen LogP contribution in [0.5, 0.6) is 0 Å². The van der Waals surface area contributed by atoms with Gasteiger partial charge in [0.05, 0.1) is 0 Å². The van der Waals surface area contributed by atoms with Gasteiger partial charge in [0, 0.05) is 34.6 Å². The molecule has 0 bridgehead atoms. The molecule has 1 aliphatic rings. The van der Waals surface area contributed by atoms with Gasteiger partial charge < -0.3 is 16.0 Å². The molecular formula is C28H36N4S. The highest BCUT2D eigenvalue weighted by atomic mass is 32.2. The molecule has 0 unspecified atom stereocenters. The number of piperidine rings is 1. The molecule has 2 aromatic carbocycles. The van der Waals surface area contributed by atoms with Crippen LogP contribution >= 0.6 is 11.8 Å². The minimum Gasteiger partial charge on any atom is -0.380 e. The van der Waals surface area contributed by atoms with E-state index in [4.69, 9.17) is 0 Å². The van der Waals surface area contributed by atoms with E-state index in [2.05, 4.69) is 76.8 Å². The van der Waals surface area contributed by atoms with Crippen molar-refractivity contribution >= 4 is 29.4 Å². The molecule has 1 fully saturated rings. The zero-order chi connectivity index (χ0) is 23.5. The number of thioether (sulfide) groups is 1. The van der Waals surface area contributed by atoms with Crippen molar-refractivity contribution in [2.45, 2.75) is 37.6 Å². The van der Waals surface area contributed by atoms with E-state index in [9.17, 15) is 0 Å². The van der Waals surface area contributed by atoms with Gasteiger partial charge in [0.2, 0.25) is 0 Å². The molecule has 0 aliphatic carbocycles. The fourth-order valence-corrected chi connectivity index (χ4v) is 4.58. The van der Waals surface area contributed by atoms with Crippen LogP contribution in [0, 0.1) is 5.92 Å². The summed E-state index contributed by atoms with van der Waals surface area (Å²) in [5.41, 5.74) is 5.72. The number of hydrogen-bond donors (Lipinski definition) is 3. The summed E-state index contributed by atoms with van der Waals surface area (Å²) in [4.78, 5) is 5.68. The van der Waals surface area contributed by atoms with Crippen molar-refractivity contribution in [1.29, 1.82) is 0 Å². The highest BCUT2D eigenvalue weighted by Gasteiger charge is 2.16. The van der Waals surface area contributed by atoms with Crippen LogP contribution in [0.4, 0.5) is 5.69 Å². The first-order valence-corrected chi connectivity index (χ1v) is 12.8. The van der Waals surface area contributed by atoms with E-state index in [1.807, 2.05) is 30.8 Å². The summed E-state index contributed by atoms with van der Waals surface area (Å²) in [6.45, 7) is 12.9. The summed E-state index contributed by atoms with van der Waals surface area (Å²) in [6, 6.07) is 15.2. The molecule has 0 aromatic heterocycles. The Bertz CT molecular complexity index is 1000. The summed E-state index contributed by atoms with van der Waals surface area (Å²) < 4.78 is 0. The lowest BCUT2D eigenvalue weighted by molar-refractivity contribution is 0.372. The van der Waals surface area contributed by atoms with Crippen LogP contribution in [-0.2, 0) is 13.0 Å². The molecule has 3 N–H and O–H groups in total. The predicted octanol–water partition coefficient (Wildman–Crippen LogP) is 6.24. The molecule has 3 rings (SSSR count). The fraction of sp³-hybridized carbons (Fsp3) is 0.321. The van der Waals surface area contributed by atoms with Crippen molar-refractivity contribution in [3.8, 4) is 0 Å². The van der Waals surface area contributed by atoms with E-state index >= 15 is 0 Å². The molecule has 0 radical (unpaired) electrons. The van der Waals surface area contributed by atoms with E-state index < -0.39 is 0 Å². The number of benzene rings is 2. The minimum atomic E-state index is 0.742. The predicted molar refractivity (Wildman–Crippen MR) is 146 cm³/mol. The zero-order valence-corrected chi connectivity index (χ0v) is 20.7. The highest BCUT2D eigenvalue weighted by Crippen LogP contribution is 2.27. The standard InChI is InChI=1S/C28H36N4S/c1-5-15-30-28(6-2)32-21(3)26-9-7-8-10-27(26)31-20-23-11-12-25(33-4)19-24(23)18-22-13-16-29-17-14-22/h5-12,15,19,22,29,31-32H,1,3,13-14,16-18,20H2,2,4H3/b28-6+,30-15-. The number of anilines is 1. The summed E-state index contributed by atoms with van der Waals surface area (Å²) in [6.07, 6.45) is 11.1. The molecule has 0 saturated carbocycles. The van der Waals surface area contributed by atoms with Crippen molar-refractivity contribution in [3.63, 3.8) is 0 Å². The van der Waals surface area contributed by atoms with Gasteiger partial charge in [-0.2, -0.15) is 0 Å². The zero-order valence-electron chi connectivity index (χ0n) is 19.9. The van der Waals surface area contributed by atoms with Crippen molar-refractivity contribution in [2.24, 2.45) is 10.9 Å². The maximum atomic E-state index is 4.35. The SMILES string of the molecule is C=C/C=N\C(=C/C)NC(=C)c1ccccc1NCc1ccc(SC)cc1CC1CCNCC1. The first-order valence-electron chi connectivity index (χ1n) is 11.6. The summed E-state index contributed by atoms with van der Waals surface area (Å²) >= 11 is 1.81. The maximum Gasteiger partial charge on any atom is 0.125 e. The van der Waals surface area contributed by atoms with Gasteiger partial charge in [-0.3, -0.25) is 0 Å². The van der Waals surface area contributed by atoms with Gasteiger partial charge in [0.1, 0.15) is 5.82 Å². The highest BCUT2D eigenvalue weighted by molar-refractivity contribution is 7.98. The van der Waals surface area contributed by atoms with Gasteiger partial charge in [0.15, 0.2) is 0 Å². The van der Waals surface area contributed by atoms with Gasteiger partial charge in [-0.05, 0) is 86.9 Å². The number of para-hydroxylation sites is 1. The van der Waals surface area contributed by atoms with Crippen LogP contribution in [0.2, 0.25) is 0 Å². The molecule has 1 aliphatic heterocycles. The Morgan fingerprint density at radius 2 is 1.97 bits per heavy atom. The molecular weight excluding hydrogens is 424 g/mol. The average Bonchev–Trinajstić information content (AvgIpc) is 2.86. The number of hydrogen-bond acceptors (Lipinski definition) is 5. The first-order chi connectivity index (χ1) is 16.1. The maximum absolute atomic E-state index is 4.35. The summed E-state index contributed by atoms with van der Waals surface area (Å²) in [7, 11) is 0. The second-order valence-electron chi connectivity index (χ2n) is 8.22. The van der Waals surface area contributed by atoms with Crippen LogP contribution in [0.3, 0.4) is 0 Å². The third-order valence-corrected chi connectivity index (χ3v) is 6.70. The Morgan fingerprint density at radius 1 is 1.18 bits per heavy atom. The smallest absolute Gasteiger partial charge is 0.125 e. The Labute approximate surface area is 203 Å². The molecule has 0 atom stereocenters. The third kappa shape index (κ3) is 7.37. The second-order valence-corrected chi connectivity index (χ2v) is 9.10. The van der Waals surface area contributed by atoms with Gasteiger partial charge >= 0.3 is 0 Å². The van der Waals surface area contributed by atoms with Crippen LogP contribution in [0.25, 0.3) is 5.70 Å². The minimum absolute atomic E-state index is 0.742. The quantitative estimate of drug-likeness (QED) is 0.274. The van der Waals surface area contributed by atoms with E-state index in [0.29, 0.717) is 0 Å². The molecule has 2 aromatic rings. The Morgan fingerprint density at radius 3 is 2.70 bits per heavy atom. The number of nitrogens with one attached hydrogen (secondary N) is 3. The van der Waals surface area contributed by atoms with Crippen LogP contribution in [0.15, 0.2) is 83.5 Å². The number of nitrogens with zero attached hydrogens (tertiary/aromatic N) is 1. The van der Waals surface area contributed by atoms with Crippen molar-refractivity contribution in [1.82, 2.24) is 10.6 Å². The molecule has 5 heteroatoms. The lowest BCUT2D eigenvalue weighted by Gasteiger charge is -2.24.